The number of carbonyl (C=O) groups is 1. The number of piperazine rings is 1. The minimum absolute atomic E-state index is 0.00927. The second-order valence-electron chi connectivity index (χ2n) is 7.04. The number of amides is 1. The van der Waals surface area contributed by atoms with Crippen LogP contribution in [0.4, 0.5) is 5.69 Å². The summed E-state index contributed by atoms with van der Waals surface area (Å²) in [6.07, 6.45) is 1.98. The molecule has 1 fully saturated rings. The van der Waals surface area contributed by atoms with Crippen LogP contribution >= 0.6 is 11.8 Å². The molecule has 1 atom stereocenters. The topological polar surface area (TPSA) is 69.7 Å². The Kier molecular flexibility index (Phi) is 7.34. The van der Waals surface area contributed by atoms with E-state index >= 15 is 0 Å². The summed E-state index contributed by atoms with van der Waals surface area (Å²) in [6.45, 7) is 3.73. The third kappa shape index (κ3) is 5.60. The molecule has 156 valence electrons. The highest BCUT2D eigenvalue weighted by atomic mass is 32.2. The molecule has 29 heavy (non-hydrogen) atoms. The molecule has 1 heterocycles. The maximum atomic E-state index is 12.7. The zero-order valence-electron chi connectivity index (χ0n) is 16.7. The Morgan fingerprint density at radius 2 is 1.66 bits per heavy atom. The summed E-state index contributed by atoms with van der Waals surface area (Å²) in [7, 11) is -3.36. The maximum absolute atomic E-state index is 12.7. The molecule has 0 radical (unpaired) electrons. The van der Waals surface area contributed by atoms with Gasteiger partial charge in [-0.1, -0.05) is 42.5 Å². The Labute approximate surface area is 177 Å². The van der Waals surface area contributed by atoms with Crippen molar-refractivity contribution in [1.82, 2.24) is 9.21 Å². The second-order valence-corrected chi connectivity index (χ2v) is 9.86. The summed E-state index contributed by atoms with van der Waals surface area (Å²) in [5.74, 6) is -0.0675. The predicted octanol–water partition coefficient (Wildman–Crippen LogP) is 2.88. The third-order valence-corrected chi connectivity index (χ3v) is 7.80. The average Bonchev–Trinajstić information content (AvgIpc) is 2.74. The number of rotatable bonds is 7. The molecule has 0 bridgehead atoms. The molecule has 0 spiro atoms. The van der Waals surface area contributed by atoms with Crippen LogP contribution in [0.5, 0.6) is 0 Å². The zero-order valence-corrected chi connectivity index (χ0v) is 18.4. The molecular formula is C21H27N3O3S2. The van der Waals surface area contributed by atoms with Crippen molar-refractivity contribution < 1.29 is 13.2 Å². The van der Waals surface area contributed by atoms with Gasteiger partial charge in [-0.25, -0.2) is 8.42 Å². The molecule has 6 nitrogen and oxygen atoms in total. The Balaban J connectivity index is 1.56. The number of anilines is 1. The van der Waals surface area contributed by atoms with E-state index in [0.29, 0.717) is 26.2 Å². The van der Waals surface area contributed by atoms with E-state index in [1.165, 1.54) is 4.31 Å². The number of carbonyl (C=O) groups excluding carboxylic acids is 1. The van der Waals surface area contributed by atoms with Gasteiger partial charge in [-0.15, -0.1) is 11.8 Å². The van der Waals surface area contributed by atoms with E-state index in [0.717, 1.165) is 16.1 Å². The SMILES string of the molecule is CSc1ccccc1NC(=O)[C@H](C)N1CCN(S(=O)(=O)Cc2ccccc2)CC1. The maximum Gasteiger partial charge on any atom is 0.241 e. The smallest absolute Gasteiger partial charge is 0.241 e. The minimum atomic E-state index is -3.36. The number of nitrogens with zero attached hydrogens (tertiary/aromatic N) is 2. The van der Waals surface area contributed by atoms with E-state index in [9.17, 15) is 13.2 Å². The number of sulfonamides is 1. The molecule has 1 aliphatic heterocycles. The molecule has 1 saturated heterocycles. The van der Waals surface area contributed by atoms with Gasteiger partial charge in [0.15, 0.2) is 0 Å². The fourth-order valence-electron chi connectivity index (χ4n) is 3.40. The van der Waals surface area contributed by atoms with Crippen molar-refractivity contribution in [3.63, 3.8) is 0 Å². The highest BCUT2D eigenvalue weighted by molar-refractivity contribution is 7.98. The lowest BCUT2D eigenvalue weighted by atomic mass is 10.2. The Morgan fingerprint density at radius 3 is 2.31 bits per heavy atom. The van der Waals surface area contributed by atoms with Gasteiger partial charge in [0.25, 0.3) is 0 Å². The van der Waals surface area contributed by atoms with Crippen LogP contribution in [-0.2, 0) is 20.6 Å². The summed E-state index contributed by atoms with van der Waals surface area (Å²) in [6, 6.07) is 16.6. The number of benzene rings is 2. The van der Waals surface area contributed by atoms with Crippen LogP contribution in [0.25, 0.3) is 0 Å². The monoisotopic (exact) mass is 433 g/mol. The van der Waals surface area contributed by atoms with Crippen LogP contribution in [0.15, 0.2) is 59.5 Å². The normalized spacial score (nSPS) is 17.0. The van der Waals surface area contributed by atoms with E-state index in [1.54, 1.807) is 11.8 Å². The molecule has 1 N–H and O–H groups in total. The fraction of sp³-hybridized carbons (Fsp3) is 0.381. The Bertz CT molecular complexity index is 927. The summed E-state index contributed by atoms with van der Waals surface area (Å²) < 4.78 is 26.9. The summed E-state index contributed by atoms with van der Waals surface area (Å²) in [5.41, 5.74) is 1.59. The van der Waals surface area contributed by atoms with Crippen LogP contribution in [0, 0.1) is 0 Å². The summed E-state index contributed by atoms with van der Waals surface area (Å²) in [4.78, 5) is 15.8. The first-order valence-electron chi connectivity index (χ1n) is 9.60. The lowest BCUT2D eigenvalue weighted by molar-refractivity contribution is -0.121. The van der Waals surface area contributed by atoms with Gasteiger partial charge in [-0.05, 0) is 30.9 Å². The molecule has 8 heteroatoms. The number of hydrogen-bond donors (Lipinski definition) is 1. The molecule has 0 aromatic heterocycles. The molecular weight excluding hydrogens is 406 g/mol. The predicted molar refractivity (Wildman–Crippen MR) is 119 cm³/mol. The molecule has 1 aliphatic rings. The first-order valence-corrected chi connectivity index (χ1v) is 12.4. The molecule has 1 amide bonds. The van der Waals surface area contributed by atoms with Crippen molar-refractivity contribution in [3.8, 4) is 0 Å². The number of hydrogen-bond acceptors (Lipinski definition) is 5. The van der Waals surface area contributed by atoms with Crippen LogP contribution in [0.1, 0.15) is 12.5 Å². The molecule has 3 rings (SSSR count). The quantitative estimate of drug-likeness (QED) is 0.680. The van der Waals surface area contributed by atoms with Crippen LogP contribution in [-0.4, -0.2) is 62.0 Å². The van der Waals surface area contributed by atoms with E-state index in [1.807, 2.05) is 72.7 Å². The van der Waals surface area contributed by atoms with Crippen LogP contribution in [0.2, 0.25) is 0 Å². The molecule has 2 aromatic carbocycles. The van der Waals surface area contributed by atoms with Gasteiger partial charge in [0.1, 0.15) is 0 Å². The molecule has 2 aromatic rings. The van der Waals surface area contributed by atoms with Gasteiger partial charge in [0.05, 0.1) is 17.5 Å². The highest BCUT2D eigenvalue weighted by Gasteiger charge is 2.31. The number of thioether (sulfide) groups is 1. The average molecular weight is 434 g/mol. The second kappa shape index (κ2) is 9.75. The molecule has 0 unspecified atom stereocenters. The van der Waals surface area contributed by atoms with Gasteiger partial charge in [0, 0.05) is 31.1 Å². The number of nitrogens with one attached hydrogen (secondary N) is 1. The van der Waals surface area contributed by atoms with Crippen LogP contribution in [0.3, 0.4) is 0 Å². The van der Waals surface area contributed by atoms with Gasteiger partial charge in [0.2, 0.25) is 15.9 Å². The van der Waals surface area contributed by atoms with Gasteiger partial charge >= 0.3 is 0 Å². The lowest BCUT2D eigenvalue weighted by Crippen LogP contribution is -2.54. The summed E-state index contributed by atoms with van der Waals surface area (Å²) in [5, 5.41) is 3.00. The zero-order chi connectivity index (χ0) is 20.9. The van der Waals surface area contributed by atoms with Crippen molar-refractivity contribution in [3.05, 3.63) is 60.2 Å². The Morgan fingerprint density at radius 1 is 1.03 bits per heavy atom. The lowest BCUT2D eigenvalue weighted by Gasteiger charge is -2.36. The standard InChI is InChI=1S/C21H27N3O3S2/c1-17(21(25)22-19-10-6-7-11-20(19)28-2)23-12-14-24(15-13-23)29(26,27)16-18-8-4-3-5-9-18/h3-11,17H,12-16H2,1-2H3,(H,22,25)/t17-/m0/s1. The first kappa shape index (κ1) is 21.8. The first-order chi connectivity index (χ1) is 13.9. The summed E-state index contributed by atoms with van der Waals surface area (Å²) >= 11 is 1.59. The minimum Gasteiger partial charge on any atom is -0.324 e. The number of para-hydroxylation sites is 1. The van der Waals surface area contributed by atoms with Crippen molar-refractivity contribution in [2.45, 2.75) is 23.6 Å². The van der Waals surface area contributed by atoms with Gasteiger partial charge < -0.3 is 5.32 Å². The third-order valence-electron chi connectivity index (χ3n) is 5.15. The van der Waals surface area contributed by atoms with Crippen molar-refractivity contribution >= 4 is 33.4 Å². The van der Waals surface area contributed by atoms with E-state index in [-0.39, 0.29) is 17.7 Å². The van der Waals surface area contributed by atoms with E-state index < -0.39 is 10.0 Å². The van der Waals surface area contributed by atoms with Crippen molar-refractivity contribution in [1.29, 1.82) is 0 Å². The van der Waals surface area contributed by atoms with Gasteiger partial charge in [-0.2, -0.15) is 4.31 Å². The highest BCUT2D eigenvalue weighted by Crippen LogP contribution is 2.25. The van der Waals surface area contributed by atoms with Crippen molar-refractivity contribution in [2.75, 3.05) is 37.8 Å². The van der Waals surface area contributed by atoms with E-state index in [2.05, 4.69) is 5.32 Å². The molecule has 0 saturated carbocycles. The van der Waals surface area contributed by atoms with Gasteiger partial charge in [-0.3, -0.25) is 9.69 Å². The Hall–Kier alpha value is -1.87. The molecule has 0 aliphatic carbocycles. The van der Waals surface area contributed by atoms with Crippen LogP contribution < -0.4 is 5.32 Å². The fourth-order valence-corrected chi connectivity index (χ4v) is 5.47. The largest absolute Gasteiger partial charge is 0.324 e. The van der Waals surface area contributed by atoms with Crippen molar-refractivity contribution in [2.24, 2.45) is 0 Å². The van der Waals surface area contributed by atoms with E-state index in [4.69, 9.17) is 0 Å².